The molecule has 4 atom stereocenters. The van der Waals surface area contributed by atoms with Gasteiger partial charge in [0.1, 0.15) is 12.6 Å². The number of aliphatic hydroxyl groups excluding tert-OH is 1. The van der Waals surface area contributed by atoms with E-state index in [4.69, 9.17) is 16.3 Å². The zero-order valence-corrected chi connectivity index (χ0v) is 23.5. The number of hydrogen-bond acceptors (Lipinski definition) is 6. The number of amides is 3. The molecule has 41 heavy (non-hydrogen) atoms. The van der Waals surface area contributed by atoms with Crippen LogP contribution in [0.25, 0.3) is 0 Å². The third kappa shape index (κ3) is 8.71. The normalized spacial score (nSPS) is 17.3. The number of alkyl halides is 2. The molecule has 0 aliphatic carbocycles. The van der Waals surface area contributed by atoms with Gasteiger partial charge >= 0.3 is 12.0 Å². The summed E-state index contributed by atoms with van der Waals surface area (Å²) in [7, 11) is 0. The minimum Gasteiger partial charge on any atom is -0.434 e. The van der Waals surface area contributed by atoms with Crippen molar-refractivity contribution in [3.63, 3.8) is 0 Å². The highest BCUT2D eigenvalue weighted by molar-refractivity contribution is 6.30. The maximum Gasteiger partial charge on any atom is 0.408 e. The van der Waals surface area contributed by atoms with Crippen molar-refractivity contribution in [2.45, 2.75) is 57.2 Å². The second kappa shape index (κ2) is 14.4. The molecule has 1 unspecified atom stereocenters. The summed E-state index contributed by atoms with van der Waals surface area (Å²) >= 11 is 5.94. The molecule has 3 rings (SSSR count). The number of halogens is 3. The van der Waals surface area contributed by atoms with E-state index < -0.39 is 60.0 Å². The molecule has 1 aliphatic heterocycles. The Bertz CT molecular complexity index is 1230. The van der Waals surface area contributed by atoms with Crippen LogP contribution in [-0.4, -0.2) is 54.0 Å². The number of Topliss-reactive ketones (excluding diaryl/α,β-unsaturated/α-hetero) is 1. The smallest absolute Gasteiger partial charge is 0.408 e. The number of ketones is 1. The summed E-state index contributed by atoms with van der Waals surface area (Å²) < 4.78 is 36.8. The van der Waals surface area contributed by atoms with Gasteiger partial charge in [-0.3, -0.25) is 14.4 Å². The summed E-state index contributed by atoms with van der Waals surface area (Å²) in [5.41, 5.74) is -0.453. The first-order chi connectivity index (χ1) is 19.4. The molecule has 1 aliphatic rings. The minimum absolute atomic E-state index is 0.0148. The Hall–Kier alpha value is -3.57. The molecule has 0 saturated carbocycles. The molecular formula is C29H34ClF2N3O6. The van der Waals surface area contributed by atoms with Crippen molar-refractivity contribution in [1.29, 1.82) is 0 Å². The first-order valence-electron chi connectivity index (χ1n) is 13.3. The number of benzene rings is 2. The molecule has 2 aromatic rings. The lowest BCUT2D eigenvalue weighted by Crippen LogP contribution is -2.53. The predicted octanol–water partition coefficient (Wildman–Crippen LogP) is 3.89. The Balaban J connectivity index is 1.81. The fourth-order valence-corrected chi connectivity index (χ4v) is 4.81. The molecule has 0 aromatic heterocycles. The van der Waals surface area contributed by atoms with E-state index in [1.165, 1.54) is 42.5 Å². The Morgan fingerprint density at radius 1 is 1.10 bits per heavy atom. The van der Waals surface area contributed by atoms with Crippen LogP contribution in [0.2, 0.25) is 5.02 Å². The molecule has 0 spiro atoms. The number of aliphatic hydroxyl groups is 1. The number of hydrogen-bond donors (Lipinski definition) is 4. The van der Waals surface area contributed by atoms with Crippen LogP contribution in [0.5, 0.6) is 0 Å². The van der Waals surface area contributed by atoms with Crippen LogP contribution in [0, 0.1) is 11.8 Å². The summed E-state index contributed by atoms with van der Waals surface area (Å²) in [4.78, 5) is 50.7. The van der Waals surface area contributed by atoms with Crippen LogP contribution in [-0.2, 0) is 25.0 Å². The first-order valence-corrected chi connectivity index (χ1v) is 13.7. The van der Waals surface area contributed by atoms with Gasteiger partial charge in [-0.25, -0.2) is 4.79 Å². The largest absolute Gasteiger partial charge is 0.434 e. The van der Waals surface area contributed by atoms with Crippen LogP contribution in [0.3, 0.4) is 0 Å². The lowest BCUT2D eigenvalue weighted by Gasteiger charge is -2.29. The summed E-state index contributed by atoms with van der Waals surface area (Å²) in [6.45, 7) is 3.14. The maximum atomic E-state index is 15.7. The summed E-state index contributed by atoms with van der Waals surface area (Å²) in [5, 5.41) is 17.0. The molecule has 0 radical (unpaired) electrons. The molecule has 1 fully saturated rings. The molecule has 0 bridgehead atoms. The van der Waals surface area contributed by atoms with Gasteiger partial charge in [0.2, 0.25) is 11.8 Å². The number of carbonyl (C=O) groups is 4. The lowest BCUT2D eigenvalue weighted by atomic mass is 9.95. The van der Waals surface area contributed by atoms with Gasteiger partial charge in [-0.2, -0.15) is 8.78 Å². The monoisotopic (exact) mass is 593 g/mol. The van der Waals surface area contributed by atoms with Crippen LogP contribution >= 0.6 is 11.6 Å². The molecule has 222 valence electrons. The second-order valence-electron chi connectivity index (χ2n) is 10.4. The molecule has 9 nitrogen and oxygen atoms in total. The topological polar surface area (TPSA) is 134 Å². The van der Waals surface area contributed by atoms with Gasteiger partial charge in [0.15, 0.2) is 11.9 Å². The van der Waals surface area contributed by atoms with Gasteiger partial charge in [-0.15, -0.1) is 0 Å². The molecule has 2 aromatic carbocycles. The van der Waals surface area contributed by atoms with Gasteiger partial charge in [-0.1, -0.05) is 67.9 Å². The van der Waals surface area contributed by atoms with E-state index in [-0.39, 0.29) is 35.3 Å². The van der Waals surface area contributed by atoms with E-state index in [0.717, 1.165) is 6.07 Å². The lowest BCUT2D eigenvalue weighted by molar-refractivity contribution is -0.132. The van der Waals surface area contributed by atoms with Gasteiger partial charge < -0.3 is 25.8 Å². The zero-order valence-electron chi connectivity index (χ0n) is 22.7. The van der Waals surface area contributed by atoms with Crippen LogP contribution in [0.15, 0.2) is 54.6 Å². The maximum absolute atomic E-state index is 15.7. The summed E-state index contributed by atoms with van der Waals surface area (Å²) in [6.07, 6.45) is -2.81. The Labute approximate surface area is 242 Å². The van der Waals surface area contributed by atoms with E-state index in [9.17, 15) is 24.3 Å². The average molecular weight is 594 g/mol. The number of alkyl carbamates (subject to hydrolysis) is 1. The van der Waals surface area contributed by atoms with Gasteiger partial charge in [-0.05, 0) is 42.9 Å². The van der Waals surface area contributed by atoms with E-state index in [1.807, 2.05) is 0 Å². The van der Waals surface area contributed by atoms with Gasteiger partial charge in [0, 0.05) is 23.0 Å². The summed E-state index contributed by atoms with van der Waals surface area (Å²) in [6, 6.07) is 10.1. The number of ether oxygens (including phenoxy) is 1. The predicted molar refractivity (Wildman–Crippen MR) is 147 cm³/mol. The molecule has 1 heterocycles. The average Bonchev–Trinajstić information content (AvgIpc) is 3.34. The van der Waals surface area contributed by atoms with Crippen LogP contribution in [0.4, 0.5) is 13.6 Å². The molecule has 12 heteroatoms. The highest BCUT2D eigenvalue weighted by atomic mass is 35.5. The fourth-order valence-electron chi connectivity index (χ4n) is 4.62. The van der Waals surface area contributed by atoms with E-state index in [2.05, 4.69) is 16.0 Å². The van der Waals surface area contributed by atoms with Gasteiger partial charge in [0.25, 0.3) is 0 Å². The van der Waals surface area contributed by atoms with Crippen LogP contribution < -0.4 is 16.0 Å². The zero-order chi connectivity index (χ0) is 30.2. The Morgan fingerprint density at radius 3 is 2.39 bits per heavy atom. The van der Waals surface area contributed by atoms with E-state index in [1.54, 1.807) is 19.9 Å². The summed E-state index contributed by atoms with van der Waals surface area (Å²) in [5.74, 6) is -6.09. The molecule has 1 saturated heterocycles. The van der Waals surface area contributed by atoms with Crippen molar-refractivity contribution in [2.24, 2.45) is 11.8 Å². The highest BCUT2D eigenvalue weighted by Crippen LogP contribution is 2.43. The highest BCUT2D eigenvalue weighted by Gasteiger charge is 2.46. The third-order valence-electron chi connectivity index (χ3n) is 6.73. The molecular weight excluding hydrogens is 560 g/mol. The standard InChI is InChI=1S/C29H34ClF2N3O6/c1-17(2)13-23(27(39)34-22(24(37)16-36)14-19-11-12-33-26(19)38)35-28(40)41-25(18-7-4-3-5-8-18)29(31,32)20-9-6-10-21(30)15-20/h3-10,15,17,19,22-23,25,36H,11-14,16H2,1-2H3,(H,33,38)(H,34,39)(H,35,40)/t19-,22-,23-,25?/m0/s1. The van der Waals surface area contributed by atoms with Crippen molar-refractivity contribution in [1.82, 2.24) is 16.0 Å². The van der Waals surface area contributed by atoms with E-state index in [0.29, 0.717) is 13.0 Å². The van der Waals surface area contributed by atoms with E-state index >= 15 is 8.78 Å². The SMILES string of the molecule is CC(C)C[C@H](NC(=O)OC(c1ccccc1)C(F)(F)c1cccc(Cl)c1)C(=O)N[C@@H](C[C@@H]1CCNC1=O)C(=O)CO. The van der Waals surface area contributed by atoms with Crippen molar-refractivity contribution in [3.05, 3.63) is 70.7 Å². The first kappa shape index (κ1) is 32.0. The third-order valence-corrected chi connectivity index (χ3v) is 6.96. The van der Waals surface area contributed by atoms with Crippen molar-refractivity contribution in [2.75, 3.05) is 13.2 Å². The number of nitrogens with one attached hydrogen (secondary N) is 3. The fraction of sp³-hybridized carbons (Fsp3) is 0.448. The second-order valence-corrected chi connectivity index (χ2v) is 10.8. The number of carbonyl (C=O) groups excluding carboxylic acids is 4. The molecule has 3 amide bonds. The van der Waals surface area contributed by atoms with Crippen LogP contribution in [0.1, 0.15) is 50.3 Å². The Kier molecular flexibility index (Phi) is 11.2. The van der Waals surface area contributed by atoms with Crippen molar-refractivity contribution < 1.29 is 37.8 Å². The minimum atomic E-state index is -3.69. The van der Waals surface area contributed by atoms with Crippen molar-refractivity contribution >= 4 is 35.3 Å². The van der Waals surface area contributed by atoms with Gasteiger partial charge in [0.05, 0.1) is 6.04 Å². The van der Waals surface area contributed by atoms with Crippen molar-refractivity contribution in [3.8, 4) is 0 Å². The Morgan fingerprint density at radius 2 is 1.80 bits per heavy atom. The number of rotatable bonds is 13. The molecule has 4 N–H and O–H groups in total. The quantitative estimate of drug-likeness (QED) is 0.278.